The fraction of sp³-hybridized carbons (Fsp3) is 0.438. The largest absolute Gasteiger partial charge is 0.326 e. The maximum Gasteiger partial charge on any atom is 0.258 e. The number of carbonyl (C=O) groups excluding carboxylic acids is 1. The molecule has 0 aliphatic carbocycles. The highest BCUT2D eigenvalue weighted by atomic mass is 32.2. The van der Waals surface area contributed by atoms with Crippen LogP contribution in [0.25, 0.3) is 5.69 Å². The van der Waals surface area contributed by atoms with Gasteiger partial charge < -0.3 is 4.90 Å². The molecule has 1 atom stereocenters. The minimum atomic E-state index is 0.0984. The Hall–Kier alpha value is -1.82. The highest BCUT2D eigenvalue weighted by Crippen LogP contribution is 2.29. The first-order valence-corrected chi connectivity index (χ1v) is 8.65. The zero-order valence-corrected chi connectivity index (χ0v) is 13.7. The Morgan fingerprint density at radius 2 is 2.18 bits per heavy atom. The van der Waals surface area contributed by atoms with E-state index in [2.05, 4.69) is 17.0 Å². The molecule has 5 nitrogen and oxygen atoms in total. The van der Waals surface area contributed by atoms with Crippen molar-refractivity contribution < 1.29 is 4.79 Å². The van der Waals surface area contributed by atoms with Crippen LogP contribution in [0.3, 0.4) is 0 Å². The molecule has 6 heteroatoms. The molecule has 1 fully saturated rings. The third kappa shape index (κ3) is 2.75. The Kier molecular flexibility index (Phi) is 4.47. The van der Waals surface area contributed by atoms with Crippen molar-refractivity contribution >= 4 is 17.7 Å². The monoisotopic (exact) mass is 316 g/mol. The van der Waals surface area contributed by atoms with Crippen molar-refractivity contribution in [3.8, 4) is 5.69 Å². The van der Waals surface area contributed by atoms with Crippen LogP contribution < -0.4 is 0 Å². The maximum atomic E-state index is 12.8. The zero-order chi connectivity index (χ0) is 15.5. The second-order valence-corrected chi connectivity index (χ2v) is 6.66. The van der Waals surface area contributed by atoms with Crippen LogP contribution in [0.5, 0.6) is 0 Å². The summed E-state index contributed by atoms with van der Waals surface area (Å²) in [5.74, 6) is 1.12. The quantitative estimate of drug-likeness (QED) is 0.870. The van der Waals surface area contributed by atoms with Crippen LogP contribution >= 0.6 is 11.8 Å². The van der Waals surface area contributed by atoms with Crippen LogP contribution in [0.1, 0.15) is 35.8 Å². The molecule has 0 N–H and O–H groups in total. The Bertz CT molecular complexity index is 655. The van der Waals surface area contributed by atoms with E-state index < -0.39 is 0 Å². The predicted octanol–water partition coefficient (Wildman–Crippen LogP) is 2.89. The number of aromatic nitrogens is 3. The van der Waals surface area contributed by atoms with Crippen molar-refractivity contribution in [3.63, 3.8) is 0 Å². The van der Waals surface area contributed by atoms with E-state index in [-0.39, 0.29) is 5.91 Å². The van der Waals surface area contributed by atoms with Gasteiger partial charge in [-0.3, -0.25) is 9.78 Å². The molecule has 0 radical (unpaired) electrons. The molecule has 0 saturated carbocycles. The average molecular weight is 316 g/mol. The van der Waals surface area contributed by atoms with Gasteiger partial charge in [0.1, 0.15) is 0 Å². The zero-order valence-electron chi connectivity index (χ0n) is 12.9. The van der Waals surface area contributed by atoms with Gasteiger partial charge in [0.15, 0.2) is 0 Å². The Morgan fingerprint density at radius 3 is 2.91 bits per heavy atom. The average Bonchev–Trinajstić information content (AvgIpc) is 3.15. The summed E-state index contributed by atoms with van der Waals surface area (Å²) >= 11 is 1.88. The summed E-state index contributed by atoms with van der Waals surface area (Å²) < 4.78 is 1.80. The van der Waals surface area contributed by atoms with E-state index in [1.807, 2.05) is 35.7 Å². The third-order valence-electron chi connectivity index (χ3n) is 3.93. The van der Waals surface area contributed by atoms with E-state index in [1.165, 1.54) is 0 Å². The van der Waals surface area contributed by atoms with E-state index in [0.717, 1.165) is 36.5 Å². The number of pyridine rings is 1. The summed E-state index contributed by atoms with van der Waals surface area (Å²) in [5.41, 5.74) is 2.50. The summed E-state index contributed by atoms with van der Waals surface area (Å²) in [7, 11) is 0. The van der Waals surface area contributed by atoms with Gasteiger partial charge in [0.25, 0.3) is 5.91 Å². The van der Waals surface area contributed by atoms with Gasteiger partial charge in [-0.25, -0.2) is 4.68 Å². The van der Waals surface area contributed by atoms with Crippen molar-refractivity contribution in [2.75, 3.05) is 12.3 Å². The van der Waals surface area contributed by atoms with Gasteiger partial charge in [-0.1, -0.05) is 13.3 Å². The van der Waals surface area contributed by atoms with Crippen molar-refractivity contribution in [1.29, 1.82) is 0 Å². The highest BCUT2D eigenvalue weighted by molar-refractivity contribution is 8.00. The van der Waals surface area contributed by atoms with Crippen LogP contribution in [0.15, 0.2) is 30.7 Å². The molecule has 116 valence electrons. The molecule has 0 unspecified atom stereocenters. The first-order chi connectivity index (χ1) is 10.7. The lowest BCUT2D eigenvalue weighted by molar-refractivity contribution is 0.0755. The molecule has 3 rings (SSSR count). The van der Waals surface area contributed by atoms with Gasteiger partial charge >= 0.3 is 0 Å². The van der Waals surface area contributed by atoms with Crippen molar-refractivity contribution in [2.24, 2.45) is 0 Å². The van der Waals surface area contributed by atoms with Crippen molar-refractivity contribution in [2.45, 2.75) is 32.1 Å². The minimum Gasteiger partial charge on any atom is -0.326 e. The van der Waals surface area contributed by atoms with Crippen molar-refractivity contribution in [3.05, 3.63) is 42.0 Å². The van der Waals surface area contributed by atoms with Gasteiger partial charge in [-0.05, 0) is 25.5 Å². The first-order valence-electron chi connectivity index (χ1n) is 7.60. The van der Waals surface area contributed by atoms with Crippen LogP contribution in [0.2, 0.25) is 0 Å². The SMILES string of the molecule is CCC[C@H]1SCCN1C(=O)c1cnn(-c2ccncc2)c1C. The summed E-state index contributed by atoms with van der Waals surface area (Å²) in [6.07, 6.45) is 7.29. The summed E-state index contributed by atoms with van der Waals surface area (Å²) in [4.78, 5) is 18.9. The molecule has 0 bridgehead atoms. The molecule has 2 aromatic rings. The lowest BCUT2D eigenvalue weighted by Gasteiger charge is -2.23. The standard InChI is InChI=1S/C16H20N4OS/c1-3-4-15-19(9-10-22-15)16(21)14-11-18-20(12(14)2)13-5-7-17-8-6-13/h5-8,11,15H,3-4,9-10H2,1-2H3/t15-/m1/s1. The fourth-order valence-corrected chi connectivity index (χ4v) is 4.12. The number of hydrogen-bond donors (Lipinski definition) is 0. The van der Waals surface area contributed by atoms with Crippen LogP contribution in [-0.2, 0) is 0 Å². The summed E-state index contributed by atoms with van der Waals surface area (Å²) in [6.45, 7) is 4.93. The molecule has 0 spiro atoms. The number of thioether (sulfide) groups is 1. The molecule has 1 aliphatic rings. The second-order valence-electron chi connectivity index (χ2n) is 5.37. The molecule has 3 heterocycles. The molecular formula is C16H20N4OS. The van der Waals surface area contributed by atoms with E-state index in [0.29, 0.717) is 10.9 Å². The van der Waals surface area contributed by atoms with Gasteiger partial charge in [-0.15, -0.1) is 11.8 Å². The maximum absolute atomic E-state index is 12.8. The number of nitrogens with zero attached hydrogens (tertiary/aromatic N) is 4. The van der Waals surface area contributed by atoms with E-state index >= 15 is 0 Å². The van der Waals surface area contributed by atoms with E-state index in [9.17, 15) is 4.79 Å². The summed E-state index contributed by atoms with van der Waals surface area (Å²) in [6, 6.07) is 3.78. The normalized spacial score (nSPS) is 17.9. The van der Waals surface area contributed by atoms with Crippen LogP contribution in [-0.4, -0.2) is 43.2 Å². The molecule has 1 saturated heterocycles. The number of hydrogen-bond acceptors (Lipinski definition) is 4. The lowest BCUT2D eigenvalue weighted by atomic mass is 10.2. The number of amides is 1. The molecule has 1 amide bonds. The fourth-order valence-electron chi connectivity index (χ4n) is 2.76. The predicted molar refractivity (Wildman–Crippen MR) is 88.3 cm³/mol. The second kappa shape index (κ2) is 6.52. The Balaban J connectivity index is 1.87. The molecule has 1 aliphatic heterocycles. The van der Waals surface area contributed by atoms with Crippen LogP contribution in [0.4, 0.5) is 0 Å². The smallest absolute Gasteiger partial charge is 0.258 e. The molecular weight excluding hydrogens is 296 g/mol. The summed E-state index contributed by atoms with van der Waals surface area (Å²) in [5, 5.41) is 4.69. The van der Waals surface area contributed by atoms with E-state index in [1.54, 1.807) is 23.3 Å². The third-order valence-corrected chi connectivity index (χ3v) is 5.23. The Labute approximate surface area is 134 Å². The highest BCUT2D eigenvalue weighted by Gasteiger charge is 2.31. The molecule has 22 heavy (non-hydrogen) atoms. The van der Waals surface area contributed by atoms with Gasteiger partial charge in [-0.2, -0.15) is 5.10 Å². The minimum absolute atomic E-state index is 0.0984. The number of carbonyl (C=O) groups is 1. The van der Waals surface area contributed by atoms with Crippen molar-refractivity contribution in [1.82, 2.24) is 19.7 Å². The van der Waals surface area contributed by atoms with Gasteiger partial charge in [0.05, 0.1) is 28.5 Å². The first kappa shape index (κ1) is 15.1. The molecule has 2 aromatic heterocycles. The topological polar surface area (TPSA) is 51.0 Å². The molecule has 0 aromatic carbocycles. The lowest BCUT2D eigenvalue weighted by Crippen LogP contribution is -2.35. The Morgan fingerprint density at radius 1 is 1.41 bits per heavy atom. The van der Waals surface area contributed by atoms with E-state index in [4.69, 9.17) is 0 Å². The van der Waals surface area contributed by atoms with Gasteiger partial charge in [0.2, 0.25) is 0 Å². The van der Waals surface area contributed by atoms with Gasteiger partial charge in [0, 0.05) is 24.7 Å². The number of rotatable bonds is 4. The van der Waals surface area contributed by atoms with Crippen LogP contribution in [0, 0.1) is 6.92 Å².